The number of amides is 2. The van der Waals surface area contributed by atoms with Gasteiger partial charge in [0, 0.05) is 41.5 Å². The molecule has 31 heavy (non-hydrogen) atoms. The predicted molar refractivity (Wildman–Crippen MR) is 116 cm³/mol. The molecule has 0 spiro atoms. The number of aromatic nitrogens is 1. The van der Waals surface area contributed by atoms with Crippen molar-refractivity contribution in [3.05, 3.63) is 71.9 Å². The van der Waals surface area contributed by atoms with E-state index in [2.05, 4.69) is 10.5 Å². The largest absolute Gasteiger partial charge is 0.480 e. The van der Waals surface area contributed by atoms with Crippen molar-refractivity contribution in [1.82, 2.24) is 14.9 Å². The zero-order valence-electron chi connectivity index (χ0n) is 16.8. The number of likely N-dealkylation sites (tertiary alicyclic amines) is 1. The van der Waals surface area contributed by atoms with Crippen LogP contribution in [0.1, 0.15) is 23.5 Å². The second kappa shape index (κ2) is 8.83. The first-order valence-corrected chi connectivity index (χ1v) is 9.95. The maximum Gasteiger partial charge on any atom is 0.323 e. The molecular formula is C23H22N4O4. The van der Waals surface area contributed by atoms with Crippen LogP contribution in [-0.2, 0) is 20.9 Å². The quantitative estimate of drug-likeness (QED) is 0.453. The minimum absolute atomic E-state index is 0.0512. The van der Waals surface area contributed by atoms with Gasteiger partial charge in [-0.1, -0.05) is 48.5 Å². The van der Waals surface area contributed by atoms with Gasteiger partial charge in [0.1, 0.15) is 13.1 Å². The van der Waals surface area contributed by atoms with Gasteiger partial charge in [0.15, 0.2) is 0 Å². The number of hydrogen-bond donors (Lipinski definition) is 2. The minimum atomic E-state index is -0.943. The summed E-state index contributed by atoms with van der Waals surface area (Å²) >= 11 is 0. The zero-order chi connectivity index (χ0) is 21.8. The highest BCUT2D eigenvalue weighted by molar-refractivity contribution is 6.00. The highest BCUT2D eigenvalue weighted by atomic mass is 16.4. The summed E-state index contributed by atoms with van der Waals surface area (Å²) < 4.78 is 1.62. The Morgan fingerprint density at radius 1 is 1.10 bits per heavy atom. The molecule has 2 N–H and O–H groups in total. The third-order valence-electron chi connectivity index (χ3n) is 5.34. The molecule has 158 valence electrons. The van der Waals surface area contributed by atoms with Gasteiger partial charge in [-0.2, -0.15) is 5.10 Å². The predicted octanol–water partition coefficient (Wildman–Crippen LogP) is 2.19. The molecule has 1 aliphatic heterocycles. The fourth-order valence-corrected chi connectivity index (χ4v) is 3.91. The number of nitrogens with zero attached hydrogens (tertiary/aromatic N) is 3. The van der Waals surface area contributed by atoms with Gasteiger partial charge < -0.3 is 14.6 Å². The van der Waals surface area contributed by atoms with Crippen LogP contribution >= 0.6 is 0 Å². The van der Waals surface area contributed by atoms with Gasteiger partial charge in [0.25, 0.3) is 5.91 Å². The molecule has 2 aromatic carbocycles. The summed E-state index contributed by atoms with van der Waals surface area (Å²) in [5.74, 6) is -1.29. The first-order chi connectivity index (χ1) is 15.0. The number of para-hydroxylation sites is 1. The van der Waals surface area contributed by atoms with E-state index in [1.165, 1.54) is 6.21 Å². The van der Waals surface area contributed by atoms with E-state index in [1.54, 1.807) is 15.7 Å². The van der Waals surface area contributed by atoms with Crippen LogP contribution in [0, 0.1) is 0 Å². The van der Waals surface area contributed by atoms with Gasteiger partial charge in [-0.05, 0) is 11.6 Å². The Kier molecular flexibility index (Phi) is 5.79. The second-order valence-electron chi connectivity index (χ2n) is 7.50. The van der Waals surface area contributed by atoms with Crippen LogP contribution < -0.4 is 5.43 Å². The normalized spacial score (nSPS) is 16.3. The average Bonchev–Trinajstić information content (AvgIpc) is 3.29. The molecule has 8 heteroatoms. The summed E-state index contributed by atoms with van der Waals surface area (Å²) in [5.41, 5.74) is 5.01. The summed E-state index contributed by atoms with van der Waals surface area (Å²) in [6.45, 7) is 0.281. The molecule has 2 heterocycles. The number of benzene rings is 2. The number of carboxylic acid groups (broad SMARTS) is 1. The number of fused-ring (bicyclic) bond motifs is 1. The molecule has 0 radical (unpaired) electrons. The van der Waals surface area contributed by atoms with Crippen LogP contribution in [0.3, 0.4) is 0 Å². The topological polar surface area (TPSA) is 104 Å². The Balaban J connectivity index is 1.38. The number of rotatable bonds is 7. The molecule has 1 fully saturated rings. The lowest BCUT2D eigenvalue weighted by Gasteiger charge is -2.15. The zero-order valence-corrected chi connectivity index (χ0v) is 16.8. The van der Waals surface area contributed by atoms with E-state index in [0.29, 0.717) is 18.5 Å². The Morgan fingerprint density at radius 3 is 2.61 bits per heavy atom. The van der Waals surface area contributed by atoms with Crippen molar-refractivity contribution >= 4 is 34.9 Å². The summed E-state index contributed by atoms with van der Waals surface area (Å²) in [7, 11) is 0. The lowest BCUT2D eigenvalue weighted by Crippen LogP contribution is -2.36. The molecule has 8 nitrogen and oxygen atoms in total. The van der Waals surface area contributed by atoms with Crippen molar-refractivity contribution in [2.75, 3.05) is 13.1 Å². The second-order valence-corrected chi connectivity index (χ2v) is 7.50. The van der Waals surface area contributed by atoms with Crippen LogP contribution in [0.2, 0.25) is 0 Å². The summed E-state index contributed by atoms with van der Waals surface area (Å²) in [4.78, 5) is 37.2. The molecule has 0 saturated carbocycles. The average molecular weight is 418 g/mol. The van der Waals surface area contributed by atoms with E-state index in [4.69, 9.17) is 5.11 Å². The molecule has 2 amide bonds. The van der Waals surface area contributed by atoms with Gasteiger partial charge >= 0.3 is 5.97 Å². The minimum Gasteiger partial charge on any atom is -0.480 e. The van der Waals surface area contributed by atoms with Gasteiger partial charge in [-0.15, -0.1) is 0 Å². The Morgan fingerprint density at radius 2 is 1.84 bits per heavy atom. The summed E-state index contributed by atoms with van der Waals surface area (Å²) in [6, 6.07) is 17.2. The number of aliphatic carboxylic acids is 1. The molecule has 1 atom stereocenters. The van der Waals surface area contributed by atoms with Gasteiger partial charge in [0.2, 0.25) is 5.91 Å². The lowest BCUT2D eigenvalue weighted by atomic mass is 9.99. The highest BCUT2D eigenvalue weighted by Gasteiger charge is 2.31. The number of nitrogens with one attached hydrogen (secondary N) is 1. The number of carboxylic acids is 1. The van der Waals surface area contributed by atoms with E-state index in [-0.39, 0.29) is 30.8 Å². The van der Waals surface area contributed by atoms with E-state index < -0.39 is 5.97 Å². The van der Waals surface area contributed by atoms with E-state index >= 15 is 0 Å². The standard InChI is InChI=1S/C23H22N4O4/c28-21(14-27-12-17(10-22(27)29)16-6-2-1-3-7-16)25-24-11-18-13-26(15-23(30)31)20-9-5-4-8-19(18)20/h1-9,11,13,17H,10,12,14-15H2,(H,25,28)(H,30,31)/b24-11-/t17-/m1/s1. The van der Waals surface area contributed by atoms with Crippen molar-refractivity contribution in [3.63, 3.8) is 0 Å². The Bertz CT molecular complexity index is 1150. The number of carbonyl (C=O) groups excluding carboxylic acids is 2. The fraction of sp³-hybridized carbons (Fsp3) is 0.217. The van der Waals surface area contributed by atoms with Crippen LogP contribution in [0.4, 0.5) is 0 Å². The molecule has 0 bridgehead atoms. The maximum absolute atomic E-state index is 12.3. The van der Waals surface area contributed by atoms with Crippen LogP contribution in [0.15, 0.2) is 65.9 Å². The van der Waals surface area contributed by atoms with Crippen molar-refractivity contribution in [2.24, 2.45) is 5.10 Å². The van der Waals surface area contributed by atoms with Gasteiger partial charge in [-0.25, -0.2) is 5.43 Å². The first kappa shape index (κ1) is 20.3. The Hall–Kier alpha value is -3.94. The third-order valence-corrected chi connectivity index (χ3v) is 5.34. The lowest BCUT2D eigenvalue weighted by molar-refractivity contribution is -0.137. The molecule has 1 saturated heterocycles. The Labute approximate surface area is 178 Å². The smallest absolute Gasteiger partial charge is 0.323 e. The van der Waals surface area contributed by atoms with Crippen molar-refractivity contribution in [3.8, 4) is 0 Å². The third kappa shape index (κ3) is 4.63. The van der Waals surface area contributed by atoms with Crippen LogP contribution in [-0.4, -0.2) is 51.7 Å². The molecule has 0 unspecified atom stereocenters. The summed E-state index contributed by atoms with van der Waals surface area (Å²) in [6.07, 6.45) is 3.56. The molecule has 0 aliphatic carbocycles. The van der Waals surface area contributed by atoms with Gasteiger partial charge in [-0.3, -0.25) is 14.4 Å². The first-order valence-electron chi connectivity index (χ1n) is 9.95. The number of carbonyl (C=O) groups is 3. The number of hydrogen-bond acceptors (Lipinski definition) is 4. The van der Waals surface area contributed by atoms with Crippen molar-refractivity contribution < 1.29 is 19.5 Å². The van der Waals surface area contributed by atoms with Crippen LogP contribution in [0.25, 0.3) is 10.9 Å². The number of hydrazone groups is 1. The molecular weight excluding hydrogens is 396 g/mol. The monoisotopic (exact) mass is 418 g/mol. The van der Waals surface area contributed by atoms with Crippen LogP contribution in [0.5, 0.6) is 0 Å². The van der Waals surface area contributed by atoms with E-state index in [1.807, 2.05) is 54.6 Å². The van der Waals surface area contributed by atoms with E-state index in [0.717, 1.165) is 16.5 Å². The molecule has 3 aromatic rings. The molecule has 1 aliphatic rings. The molecule has 4 rings (SSSR count). The molecule has 1 aromatic heterocycles. The van der Waals surface area contributed by atoms with Crippen molar-refractivity contribution in [2.45, 2.75) is 18.9 Å². The van der Waals surface area contributed by atoms with E-state index in [9.17, 15) is 14.4 Å². The van der Waals surface area contributed by atoms with Crippen molar-refractivity contribution in [1.29, 1.82) is 0 Å². The summed E-state index contributed by atoms with van der Waals surface area (Å²) in [5, 5.41) is 13.9. The maximum atomic E-state index is 12.3. The fourth-order valence-electron chi connectivity index (χ4n) is 3.91. The van der Waals surface area contributed by atoms with Gasteiger partial charge in [0.05, 0.1) is 6.21 Å². The highest BCUT2D eigenvalue weighted by Crippen LogP contribution is 2.27. The SMILES string of the molecule is O=C(O)Cn1cc(/C=N\NC(=O)CN2C[C@H](c3ccccc3)CC2=O)c2ccccc21.